The average molecular weight is 496 g/mol. The van der Waals surface area contributed by atoms with E-state index < -0.39 is 0 Å². The van der Waals surface area contributed by atoms with E-state index in [1.165, 1.54) is 0 Å². The van der Waals surface area contributed by atoms with Crippen molar-refractivity contribution in [3.05, 3.63) is 77.3 Å². The van der Waals surface area contributed by atoms with E-state index in [0.717, 1.165) is 16.9 Å². The normalized spacial score (nSPS) is 18.3. The molecule has 1 fully saturated rings. The Balaban J connectivity index is 1.75. The molecule has 178 valence electrons. The Morgan fingerprint density at radius 2 is 1.97 bits per heavy atom. The van der Waals surface area contributed by atoms with E-state index >= 15 is 0 Å². The van der Waals surface area contributed by atoms with Gasteiger partial charge in [0.2, 0.25) is 5.91 Å². The molecular formula is C26H30ClN5OS. The summed E-state index contributed by atoms with van der Waals surface area (Å²) in [5, 5.41) is 7.41. The Morgan fingerprint density at radius 1 is 1.21 bits per heavy atom. The second kappa shape index (κ2) is 9.39. The van der Waals surface area contributed by atoms with E-state index in [4.69, 9.17) is 23.8 Å². The quantitative estimate of drug-likeness (QED) is 0.421. The number of benzene rings is 1. The molecule has 0 saturated carbocycles. The van der Waals surface area contributed by atoms with Crippen LogP contribution >= 0.6 is 23.8 Å². The number of halogens is 1. The molecule has 1 aliphatic heterocycles. The van der Waals surface area contributed by atoms with Gasteiger partial charge in [-0.3, -0.25) is 9.78 Å². The van der Waals surface area contributed by atoms with Crippen molar-refractivity contribution in [3.8, 4) is 0 Å². The number of amides is 1. The summed E-state index contributed by atoms with van der Waals surface area (Å²) in [7, 11) is 0. The molecule has 2 aromatic heterocycles. The number of hydrogen-bond donors (Lipinski definition) is 2. The summed E-state index contributed by atoms with van der Waals surface area (Å²) < 4.78 is 2.20. The summed E-state index contributed by atoms with van der Waals surface area (Å²) in [4.78, 5) is 18.8. The molecular weight excluding hydrogens is 466 g/mol. The summed E-state index contributed by atoms with van der Waals surface area (Å²) >= 11 is 12.4. The van der Waals surface area contributed by atoms with E-state index in [9.17, 15) is 4.79 Å². The molecule has 6 nitrogen and oxygen atoms in total. The molecule has 2 N–H and O–H groups in total. The number of thiocarbonyl (C=S) groups is 1. The van der Waals surface area contributed by atoms with Crippen molar-refractivity contribution in [2.45, 2.75) is 52.2 Å². The Morgan fingerprint density at radius 3 is 2.56 bits per heavy atom. The number of carbonyl (C=O) groups excluding carboxylic acids is 1. The van der Waals surface area contributed by atoms with Gasteiger partial charge in [0, 0.05) is 35.7 Å². The van der Waals surface area contributed by atoms with Gasteiger partial charge in [0.15, 0.2) is 5.11 Å². The van der Waals surface area contributed by atoms with E-state index in [0.29, 0.717) is 15.8 Å². The maximum Gasteiger partial charge on any atom is 0.226 e. The second-order valence-electron chi connectivity index (χ2n) is 9.83. The van der Waals surface area contributed by atoms with Gasteiger partial charge in [-0.2, -0.15) is 0 Å². The fourth-order valence-corrected chi connectivity index (χ4v) is 4.58. The van der Waals surface area contributed by atoms with E-state index in [1.807, 2.05) is 50.2 Å². The van der Waals surface area contributed by atoms with Gasteiger partial charge in [0.25, 0.3) is 0 Å². The number of hydrogen-bond acceptors (Lipinski definition) is 3. The third-order valence-corrected chi connectivity index (χ3v) is 6.57. The molecule has 1 aromatic carbocycles. The van der Waals surface area contributed by atoms with E-state index in [1.54, 1.807) is 6.20 Å². The maximum absolute atomic E-state index is 12.2. The predicted octanol–water partition coefficient (Wildman–Crippen LogP) is 6.06. The zero-order chi connectivity index (χ0) is 24.6. The van der Waals surface area contributed by atoms with Crippen LogP contribution in [0, 0.1) is 5.92 Å². The lowest BCUT2D eigenvalue weighted by Crippen LogP contribution is -2.29. The van der Waals surface area contributed by atoms with Gasteiger partial charge in [-0.25, -0.2) is 0 Å². The van der Waals surface area contributed by atoms with Crippen LogP contribution in [0.2, 0.25) is 5.02 Å². The first kappa shape index (κ1) is 24.2. The molecule has 0 bridgehead atoms. The van der Waals surface area contributed by atoms with E-state index in [2.05, 4.69) is 64.3 Å². The highest BCUT2D eigenvalue weighted by atomic mass is 35.5. The van der Waals surface area contributed by atoms with Crippen molar-refractivity contribution in [3.63, 3.8) is 0 Å². The van der Waals surface area contributed by atoms with Crippen molar-refractivity contribution < 1.29 is 4.79 Å². The molecule has 2 unspecified atom stereocenters. The summed E-state index contributed by atoms with van der Waals surface area (Å²) in [5.41, 5.74) is 3.41. The zero-order valence-electron chi connectivity index (χ0n) is 20.0. The van der Waals surface area contributed by atoms with Crippen LogP contribution < -0.4 is 15.5 Å². The van der Waals surface area contributed by atoms with Gasteiger partial charge < -0.3 is 20.1 Å². The highest BCUT2D eigenvalue weighted by Crippen LogP contribution is 2.43. The Bertz CT molecular complexity index is 1200. The largest absolute Gasteiger partial charge is 0.351 e. The minimum absolute atomic E-state index is 0.0459. The molecule has 34 heavy (non-hydrogen) atoms. The topological polar surface area (TPSA) is 62.2 Å². The van der Waals surface area contributed by atoms with Crippen molar-refractivity contribution in [2.24, 2.45) is 5.92 Å². The third-order valence-electron chi connectivity index (χ3n) is 5.94. The van der Waals surface area contributed by atoms with Crippen LogP contribution in [0.5, 0.6) is 0 Å². The van der Waals surface area contributed by atoms with Gasteiger partial charge in [0.1, 0.15) is 0 Å². The van der Waals surface area contributed by atoms with Crippen LogP contribution in [0.25, 0.3) is 0 Å². The number of carbonyl (C=O) groups is 1. The first-order valence-corrected chi connectivity index (χ1v) is 12.1. The van der Waals surface area contributed by atoms with Gasteiger partial charge in [0.05, 0.1) is 28.5 Å². The maximum atomic E-state index is 12.2. The lowest BCUT2D eigenvalue weighted by atomic mass is 9.98. The highest BCUT2D eigenvalue weighted by molar-refractivity contribution is 7.80. The van der Waals surface area contributed by atoms with Gasteiger partial charge in [-0.05, 0) is 75.0 Å². The predicted molar refractivity (Wildman–Crippen MR) is 142 cm³/mol. The molecule has 1 saturated heterocycles. The Labute approximate surface area is 211 Å². The number of aromatic nitrogens is 2. The van der Waals surface area contributed by atoms with Crippen LogP contribution in [-0.4, -0.2) is 20.6 Å². The smallest absolute Gasteiger partial charge is 0.226 e. The molecule has 0 aliphatic carbocycles. The average Bonchev–Trinajstić information content (AvgIpc) is 3.40. The number of nitrogens with one attached hydrogen (secondary N) is 2. The summed E-state index contributed by atoms with van der Waals surface area (Å²) in [6, 6.07) is 13.4. The molecule has 0 radical (unpaired) electrons. The monoisotopic (exact) mass is 495 g/mol. The van der Waals surface area contributed by atoms with Crippen molar-refractivity contribution in [2.75, 3.05) is 10.2 Å². The van der Waals surface area contributed by atoms with E-state index in [-0.39, 0.29) is 29.4 Å². The van der Waals surface area contributed by atoms with Crippen LogP contribution in [0.1, 0.15) is 58.0 Å². The minimum atomic E-state index is -0.138. The van der Waals surface area contributed by atoms with Crippen molar-refractivity contribution in [1.29, 1.82) is 0 Å². The van der Waals surface area contributed by atoms with Crippen LogP contribution in [0.15, 0.2) is 61.1 Å². The number of rotatable bonds is 5. The highest BCUT2D eigenvalue weighted by Gasteiger charge is 2.41. The number of nitrogens with zero attached hydrogens (tertiary/aromatic N) is 3. The zero-order valence-corrected chi connectivity index (χ0v) is 21.6. The van der Waals surface area contributed by atoms with Gasteiger partial charge >= 0.3 is 0 Å². The summed E-state index contributed by atoms with van der Waals surface area (Å²) in [5.74, 6) is -0.217. The lowest BCUT2D eigenvalue weighted by Gasteiger charge is -2.28. The Hall–Kier alpha value is -2.90. The molecule has 8 heteroatoms. The summed E-state index contributed by atoms with van der Waals surface area (Å²) in [6.07, 6.45) is 6.06. The fourth-order valence-electron chi connectivity index (χ4n) is 4.01. The van der Waals surface area contributed by atoms with Gasteiger partial charge in [-0.1, -0.05) is 31.5 Å². The minimum Gasteiger partial charge on any atom is -0.351 e. The summed E-state index contributed by atoms with van der Waals surface area (Å²) in [6.45, 7) is 10.2. The lowest BCUT2D eigenvalue weighted by molar-refractivity contribution is -0.118. The molecule has 1 aliphatic rings. The van der Waals surface area contributed by atoms with Crippen LogP contribution in [-0.2, 0) is 10.3 Å². The fraction of sp³-hybridized carbons (Fsp3) is 0.346. The molecule has 1 amide bonds. The Kier molecular flexibility index (Phi) is 6.69. The second-order valence-corrected chi connectivity index (χ2v) is 10.6. The number of anilines is 2. The van der Waals surface area contributed by atoms with Crippen LogP contribution in [0.4, 0.5) is 11.4 Å². The molecule has 3 heterocycles. The van der Waals surface area contributed by atoms with Gasteiger partial charge in [-0.15, -0.1) is 0 Å². The standard InChI is InChI=1S/C26H30ClN5OS/c1-16(2)24(33)29-20-10-9-18(14-19(20)27)32-23(17-11-13-31(15-17)26(3,4)5)22(30-25(32)34)21-8-6-7-12-28-21/h6-16,22-23H,1-5H3,(H,29,33)(H,30,34). The first-order chi connectivity index (χ1) is 16.1. The molecule has 4 rings (SSSR count). The van der Waals surface area contributed by atoms with Crippen LogP contribution in [0.3, 0.4) is 0 Å². The molecule has 3 aromatic rings. The van der Waals surface area contributed by atoms with Crippen molar-refractivity contribution in [1.82, 2.24) is 14.9 Å². The third kappa shape index (κ3) is 4.81. The van der Waals surface area contributed by atoms with Crippen molar-refractivity contribution >= 4 is 46.2 Å². The number of pyridine rings is 1. The molecule has 0 spiro atoms. The molecule has 2 atom stereocenters. The SMILES string of the molecule is CC(C)C(=O)Nc1ccc(N2C(=S)NC(c3ccccn3)C2c2ccn(C(C)(C)C)c2)cc1Cl. The first-order valence-electron chi connectivity index (χ1n) is 11.4.